The molecule has 0 N–H and O–H groups in total. The van der Waals surface area contributed by atoms with Gasteiger partial charge in [0, 0.05) is 6.42 Å². The Balaban J connectivity index is 3.51. The number of aldehydes is 1. The summed E-state index contributed by atoms with van der Waals surface area (Å²) in [4.78, 5) is 10.2. The Kier molecular flexibility index (Phi) is 11.1. The van der Waals surface area contributed by atoms with Gasteiger partial charge in [-0.15, -0.1) is 0 Å². The summed E-state index contributed by atoms with van der Waals surface area (Å²) in [5.41, 5.74) is 1.45. The summed E-state index contributed by atoms with van der Waals surface area (Å²) in [5, 5.41) is 0. The Morgan fingerprint density at radius 3 is 2.28 bits per heavy atom. The van der Waals surface area contributed by atoms with E-state index in [0.717, 1.165) is 24.5 Å². The topological polar surface area (TPSA) is 17.1 Å². The van der Waals surface area contributed by atoms with E-state index < -0.39 is 0 Å². The summed E-state index contributed by atoms with van der Waals surface area (Å²) in [7, 11) is 0. The minimum absolute atomic E-state index is 0.670. The Morgan fingerprint density at radius 1 is 1.00 bits per heavy atom. The summed E-state index contributed by atoms with van der Waals surface area (Å²) in [6.07, 6.45) is 12.8. The maximum atomic E-state index is 10.2. The van der Waals surface area contributed by atoms with Crippen LogP contribution in [-0.2, 0) is 4.79 Å². The third kappa shape index (κ3) is 11.9. The molecule has 106 valence electrons. The molecule has 0 bridgehead atoms. The molecule has 0 saturated carbocycles. The third-order valence-electron chi connectivity index (χ3n) is 3.52. The van der Waals surface area contributed by atoms with E-state index in [0.29, 0.717) is 6.42 Å². The van der Waals surface area contributed by atoms with Crippen LogP contribution in [0, 0.1) is 11.8 Å². The van der Waals surface area contributed by atoms with E-state index >= 15 is 0 Å². The van der Waals surface area contributed by atoms with Gasteiger partial charge in [-0.1, -0.05) is 58.1 Å². The van der Waals surface area contributed by atoms with E-state index in [9.17, 15) is 4.79 Å². The average Bonchev–Trinajstić information content (AvgIpc) is 2.29. The molecule has 0 fully saturated rings. The molecule has 0 amide bonds. The predicted molar refractivity (Wildman–Crippen MR) is 80.8 cm³/mol. The normalized spacial score (nSPS) is 13.9. The van der Waals surface area contributed by atoms with Gasteiger partial charge in [-0.25, -0.2) is 0 Å². The first-order valence-corrected chi connectivity index (χ1v) is 7.65. The lowest BCUT2D eigenvalue weighted by atomic mass is 9.94. The summed E-state index contributed by atoms with van der Waals surface area (Å²) in [5.74, 6) is 1.71. The predicted octanol–water partition coefficient (Wildman–Crippen LogP) is 5.54. The van der Waals surface area contributed by atoms with Crippen molar-refractivity contribution in [1.82, 2.24) is 0 Å². The molecule has 0 aliphatic heterocycles. The quantitative estimate of drug-likeness (QED) is 0.268. The van der Waals surface area contributed by atoms with E-state index in [1.54, 1.807) is 0 Å². The summed E-state index contributed by atoms with van der Waals surface area (Å²) in [6, 6.07) is 0. The smallest absolute Gasteiger partial charge is 0.120 e. The summed E-state index contributed by atoms with van der Waals surface area (Å²) < 4.78 is 0. The van der Waals surface area contributed by atoms with Crippen molar-refractivity contribution < 1.29 is 4.79 Å². The second-order valence-corrected chi connectivity index (χ2v) is 6.12. The molecule has 1 atom stereocenters. The fourth-order valence-corrected chi connectivity index (χ4v) is 2.25. The Labute approximate surface area is 114 Å². The Morgan fingerprint density at radius 2 is 1.67 bits per heavy atom. The number of hydrogen-bond donors (Lipinski definition) is 0. The van der Waals surface area contributed by atoms with E-state index in [1.165, 1.54) is 44.1 Å². The van der Waals surface area contributed by atoms with Gasteiger partial charge in [-0.05, 0) is 38.0 Å². The number of unbranched alkanes of at least 4 members (excludes halogenated alkanes) is 1. The highest BCUT2D eigenvalue weighted by Crippen LogP contribution is 2.19. The van der Waals surface area contributed by atoms with Crippen LogP contribution in [-0.4, -0.2) is 6.29 Å². The van der Waals surface area contributed by atoms with Crippen molar-refractivity contribution in [3.05, 3.63) is 11.6 Å². The van der Waals surface area contributed by atoms with Crippen LogP contribution in [0.5, 0.6) is 0 Å². The van der Waals surface area contributed by atoms with Crippen LogP contribution in [0.3, 0.4) is 0 Å². The zero-order chi connectivity index (χ0) is 13.8. The van der Waals surface area contributed by atoms with Gasteiger partial charge in [0.25, 0.3) is 0 Å². The second kappa shape index (κ2) is 11.5. The molecule has 0 aromatic heterocycles. The highest BCUT2D eigenvalue weighted by atomic mass is 16.1. The molecule has 1 heteroatoms. The summed E-state index contributed by atoms with van der Waals surface area (Å²) in [6.45, 7) is 9.18. The summed E-state index contributed by atoms with van der Waals surface area (Å²) >= 11 is 0. The molecule has 0 aliphatic rings. The second-order valence-electron chi connectivity index (χ2n) is 6.12. The van der Waals surface area contributed by atoms with Crippen molar-refractivity contribution in [2.45, 2.75) is 79.1 Å². The molecule has 1 unspecified atom stereocenters. The average molecular weight is 252 g/mol. The van der Waals surface area contributed by atoms with Crippen LogP contribution in [0.2, 0.25) is 0 Å². The Bertz CT molecular complexity index is 228. The first-order chi connectivity index (χ1) is 8.56. The zero-order valence-electron chi connectivity index (χ0n) is 12.9. The van der Waals surface area contributed by atoms with E-state index in [1.807, 2.05) is 0 Å². The first kappa shape index (κ1) is 17.4. The number of allylic oxidation sites excluding steroid dienone is 2. The first-order valence-electron chi connectivity index (χ1n) is 7.65. The number of rotatable bonds is 11. The lowest BCUT2D eigenvalue weighted by molar-refractivity contribution is -0.107. The van der Waals surface area contributed by atoms with Gasteiger partial charge < -0.3 is 4.79 Å². The van der Waals surface area contributed by atoms with Crippen LogP contribution in [0.25, 0.3) is 0 Å². The van der Waals surface area contributed by atoms with Crippen LogP contribution in [0.15, 0.2) is 11.6 Å². The molecule has 0 heterocycles. The van der Waals surface area contributed by atoms with Crippen LogP contribution >= 0.6 is 0 Å². The van der Waals surface area contributed by atoms with Gasteiger partial charge in [0.2, 0.25) is 0 Å². The highest BCUT2D eigenvalue weighted by molar-refractivity contribution is 5.49. The number of carbonyl (C=O) groups excluding carboxylic acids is 1. The van der Waals surface area contributed by atoms with Crippen molar-refractivity contribution in [1.29, 1.82) is 0 Å². The molecule has 0 spiro atoms. The molecule has 0 aliphatic carbocycles. The largest absolute Gasteiger partial charge is 0.303 e. The Hall–Kier alpha value is -0.590. The van der Waals surface area contributed by atoms with Crippen molar-refractivity contribution in [3.63, 3.8) is 0 Å². The maximum Gasteiger partial charge on any atom is 0.120 e. The van der Waals surface area contributed by atoms with Gasteiger partial charge in [-0.3, -0.25) is 0 Å². The van der Waals surface area contributed by atoms with Crippen molar-refractivity contribution in [3.8, 4) is 0 Å². The fraction of sp³-hybridized carbons (Fsp3) is 0.824. The van der Waals surface area contributed by atoms with Crippen molar-refractivity contribution in [2.75, 3.05) is 0 Å². The van der Waals surface area contributed by atoms with Gasteiger partial charge in [0.05, 0.1) is 0 Å². The van der Waals surface area contributed by atoms with Gasteiger partial charge in [0.15, 0.2) is 0 Å². The molecule has 0 saturated heterocycles. The van der Waals surface area contributed by atoms with Crippen molar-refractivity contribution >= 4 is 6.29 Å². The number of hydrogen-bond acceptors (Lipinski definition) is 1. The van der Waals surface area contributed by atoms with E-state index in [2.05, 4.69) is 33.8 Å². The SMILES string of the molecule is CC(=CCCC=O)CCCC(C)CCCC(C)C. The van der Waals surface area contributed by atoms with Gasteiger partial charge in [0.1, 0.15) is 6.29 Å². The molecule has 0 aromatic carbocycles. The van der Waals surface area contributed by atoms with Gasteiger partial charge in [-0.2, -0.15) is 0 Å². The van der Waals surface area contributed by atoms with Crippen LogP contribution in [0.1, 0.15) is 79.1 Å². The molecule has 0 rings (SSSR count). The lowest BCUT2D eigenvalue weighted by Gasteiger charge is -2.12. The molecular formula is C17H32O. The van der Waals surface area contributed by atoms with Crippen LogP contribution in [0.4, 0.5) is 0 Å². The third-order valence-corrected chi connectivity index (χ3v) is 3.52. The molecule has 0 aromatic rings. The molecular weight excluding hydrogens is 220 g/mol. The molecule has 1 nitrogen and oxygen atoms in total. The minimum Gasteiger partial charge on any atom is -0.303 e. The fourth-order valence-electron chi connectivity index (χ4n) is 2.25. The maximum absolute atomic E-state index is 10.2. The zero-order valence-corrected chi connectivity index (χ0v) is 12.9. The molecule has 18 heavy (non-hydrogen) atoms. The van der Waals surface area contributed by atoms with Gasteiger partial charge >= 0.3 is 0 Å². The number of carbonyl (C=O) groups is 1. The minimum atomic E-state index is 0.670. The van der Waals surface area contributed by atoms with Crippen molar-refractivity contribution in [2.24, 2.45) is 11.8 Å². The van der Waals surface area contributed by atoms with E-state index in [4.69, 9.17) is 0 Å². The highest BCUT2D eigenvalue weighted by Gasteiger charge is 2.03. The van der Waals surface area contributed by atoms with E-state index in [-0.39, 0.29) is 0 Å². The monoisotopic (exact) mass is 252 g/mol. The van der Waals surface area contributed by atoms with Crippen LogP contribution < -0.4 is 0 Å². The lowest BCUT2D eigenvalue weighted by Crippen LogP contribution is -1.97. The molecule has 0 radical (unpaired) electrons. The standard InChI is InChI=1S/C17H32O/c1-15(2)9-7-11-17(4)13-8-12-16(3)10-5-6-14-18/h10,14-15,17H,5-9,11-13H2,1-4H3.